The summed E-state index contributed by atoms with van der Waals surface area (Å²) in [6.07, 6.45) is 5.13. The average Bonchev–Trinajstić information content (AvgIpc) is 2.78. The topological polar surface area (TPSA) is 50.1 Å². The van der Waals surface area contributed by atoms with Gasteiger partial charge in [0, 0.05) is 12.3 Å². The monoisotopic (exact) mass is 255 g/mol. The van der Waals surface area contributed by atoms with Crippen LogP contribution in [0.1, 0.15) is 36.8 Å². The quantitative estimate of drug-likeness (QED) is 0.834. The fourth-order valence-electron chi connectivity index (χ4n) is 3.16. The molecule has 1 aromatic rings. The summed E-state index contributed by atoms with van der Waals surface area (Å²) in [5, 5.41) is 8.75. The van der Waals surface area contributed by atoms with Crippen molar-refractivity contribution in [3.63, 3.8) is 0 Å². The molecule has 0 radical (unpaired) electrons. The van der Waals surface area contributed by atoms with Gasteiger partial charge in [0.15, 0.2) is 0 Å². The van der Waals surface area contributed by atoms with E-state index in [-0.39, 0.29) is 5.92 Å². The first-order valence-corrected chi connectivity index (χ1v) is 6.92. The summed E-state index contributed by atoms with van der Waals surface area (Å²) >= 11 is 0. The Labute approximate surface area is 113 Å². The molecule has 3 heteroatoms. The van der Waals surface area contributed by atoms with Crippen molar-refractivity contribution < 1.29 is 9.53 Å². The van der Waals surface area contributed by atoms with E-state index in [0.717, 1.165) is 31.2 Å². The summed E-state index contributed by atoms with van der Waals surface area (Å²) in [5.74, 6) is 0.492. The predicted octanol–water partition coefficient (Wildman–Crippen LogP) is 2.63. The van der Waals surface area contributed by atoms with Gasteiger partial charge in [0.25, 0.3) is 0 Å². The van der Waals surface area contributed by atoms with Crippen LogP contribution in [-0.2, 0) is 16.0 Å². The first kappa shape index (κ1) is 12.4. The molecular formula is C16H17NO2. The molecule has 3 rings (SSSR count). The molecule has 19 heavy (non-hydrogen) atoms. The summed E-state index contributed by atoms with van der Waals surface area (Å²) in [6.45, 7) is 0. The van der Waals surface area contributed by atoms with Crippen LogP contribution in [0.15, 0.2) is 24.3 Å². The lowest BCUT2D eigenvalue weighted by atomic mass is 9.88. The number of hydrogen-bond acceptors (Lipinski definition) is 3. The van der Waals surface area contributed by atoms with E-state index in [1.54, 1.807) is 12.1 Å². The van der Waals surface area contributed by atoms with Gasteiger partial charge in [-0.25, -0.2) is 0 Å². The van der Waals surface area contributed by atoms with Crippen molar-refractivity contribution >= 4 is 5.78 Å². The van der Waals surface area contributed by atoms with Crippen LogP contribution in [0, 0.1) is 17.2 Å². The Morgan fingerprint density at radius 1 is 1.21 bits per heavy atom. The Hall–Kier alpha value is -1.66. The van der Waals surface area contributed by atoms with E-state index in [1.807, 2.05) is 12.1 Å². The molecule has 1 aromatic carbocycles. The third-order valence-electron chi connectivity index (χ3n) is 4.21. The van der Waals surface area contributed by atoms with E-state index in [2.05, 4.69) is 6.07 Å². The maximum atomic E-state index is 12.3. The van der Waals surface area contributed by atoms with E-state index >= 15 is 0 Å². The molecular weight excluding hydrogens is 238 g/mol. The zero-order valence-corrected chi connectivity index (χ0v) is 10.8. The highest BCUT2D eigenvalue weighted by Gasteiger charge is 2.37. The van der Waals surface area contributed by atoms with Gasteiger partial charge < -0.3 is 4.74 Å². The maximum Gasteiger partial charge on any atom is 0.140 e. The van der Waals surface area contributed by atoms with Gasteiger partial charge in [0.05, 0.1) is 23.8 Å². The first-order chi connectivity index (χ1) is 9.24. The Kier molecular flexibility index (Phi) is 3.35. The molecule has 0 N–H and O–H groups in total. The Morgan fingerprint density at radius 2 is 1.84 bits per heavy atom. The van der Waals surface area contributed by atoms with Crippen LogP contribution < -0.4 is 0 Å². The molecule has 0 aliphatic carbocycles. The Morgan fingerprint density at radius 3 is 2.42 bits per heavy atom. The molecule has 2 atom stereocenters. The minimum absolute atomic E-state index is 0.168. The fourth-order valence-corrected chi connectivity index (χ4v) is 3.16. The molecule has 2 aliphatic heterocycles. The van der Waals surface area contributed by atoms with Crippen molar-refractivity contribution in [2.75, 3.05) is 0 Å². The third-order valence-corrected chi connectivity index (χ3v) is 4.21. The number of ketones is 1. The van der Waals surface area contributed by atoms with E-state index < -0.39 is 0 Å². The first-order valence-electron chi connectivity index (χ1n) is 6.92. The van der Waals surface area contributed by atoms with Crippen molar-refractivity contribution in [1.29, 1.82) is 5.26 Å². The number of carbonyl (C=O) groups is 1. The summed E-state index contributed by atoms with van der Waals surface area (Å²) in [6, 6.07) is 9.40. The number of ether oxygens (including phenoxy) is 1. The number of benzene rings is 1. The summed E-state index contributed by atoms with van der Waals surface area (Å²) in [4.78, 5) is 12.3. The van der Waals surface area contributed by atoms with Crippen molar-refractivity contribution in [1.82, 2.24) is 0 Å². The SMILES string of the molecule is N#Cc1ccc(CC(=O)C2CC3CCC(C2)O3)cc1. The van der Waals surface area contributed by atoms with Crippen LogP contribution in [0.2, 0.25) is 0 Å². The van der Waals surface area contributed by atoms with Crippen LogP contribution in [-0.4, -0.2) is 18.0 Å². The van der Waals surface area contributed by atoms with Crippen molar-refractivity contribution in [3.05, 3.63) is 35.4 Å². The maximum absolute atomic E-state index is 12.3. The molecule has 2 fully saturated rings. The van der Waals surface area contributed by atoms with Crippen LogP contribution in [0.25, 0.3) is 0 Å². The normalized spacial score (nSPS) is 28.9. The van der Waals surface area contributed by atoms with Crippen LogP contribution in [0.3, 0.4) is 0 Å². The number of fused-ring (bicyclic) bond motifs is 2. The summed E-state index contributed by atoms with van der Waals surface area (Å²) < 4.78 is 5.77. The molecule has 2 unspecified atom stereocenters. The lowest BCUT2D eigenvalue weighted by Gasteiger charge is -2.27. The van der Waals surface area contributed by atoms with Crippen LogP contribution in [0.5, 0.6) is 0 Å². The minimum Gasteiger partial charge on any atom is -0.375 e. The number of rotatable bonds is 3. The standard InChI is InChI=1S/C16H17NO2/c17-10-12-3-1-11(2-4-12)7-16(18)13-8-14-5-6-15(9-13)19-14/h1-4,13-15H,5-9H2. The number of nitriles is 1. The summed E-state index contributed by atoms with van der Waals surface area (Å²) in [5.41, 5.74) is 1.64. The molecule has 2 heterocycles. The number of hydrogen-bond donors (Lipinski definition) is 0. The van der Waals surface area contributed by atoms with Gasteiger partial charge in [-0.2, -0.15) is 5.26 Å². The Balaban J connectivity index is 1.63. The van der Waals surface area contributed by atoms with E-state index in [9.17, 15) is 4.79 Å². The highest BCUT2D eigenvalue weighted by molar-refractivity contribution is 5.83. The second kappa shape index (κ2) is 5.14. The fraction of sp³-hybridized carbons (Fsp3) is 0.500. The van der Waals surface area contributed by atoms with Crippen molar-refractivity contribution in [2.24, 2.45) is 5.92 Å². The number of nitrogens with zero attached hydrogens (tertiary/aromatic N) is 1. The van der Waals surface area contributed by atoms with E-state index in [0.29, 0.717) is 30.0 Å². The number of carbonyl (C=O) groups excluding carboxylic acids is 1. The second-order valence-corrected chi connectivity index (χ2v) is 5.58. The van der Waals surface area contributed by atoms with Crippen LogP contribution >= 0.6 is 0 Å². The molecule has 3 nitrogen and oxygen atoms in total. The van der Waals surface area contributed by atoms with E-state index in [4.69, 9.17) is 10.00 Å². The van der Waals surface area contributed by atoms with Gasteiger partial charge in [-0.3, -0.25) is 4.79 Å². The predicted molar refractivity (Wildman–Crippen MR) is 70.5 cm³/mol. The molecule has 0 aromatic heterocycles. The van der Waals surface area contributed by atoms with Crippen molar-refractivity contribution in [2.45, 2.75) is 44.3 Å². The molecule has 0 amide bonds. The minimum atomic E-state index is 0.168. The Bertz CT molecular complexity index is 503. The van der Waals surface area contributed by atoms with Gasteiger partial charge >= 0.3 is 0 Å². The second-order valence-electron chi connectivity index (χ2n) is 5.58. The van der Waals surface area contributed by atoms with Gasteiger partial charge in [0.1, 0.15) is 5.78 Å². The van der Waals surface area contributed by atoms with Gasteiger partial charge in [-0.05, 0) is 43.4 Å². The smallest absolute Gasteiger partial charge is 0.140 e. The molecule has 2 aliphatic rings. The lowest BCUT2D eigenvalue weighted by molar-refractivity contribution is -0.127. The zero-order valence-electron chi connectivity index (χ0n) is 10.8. The van der Waals surface area contributed by atoms with Crippen LogP contribution in [0.4, 0.5) is 0 Å². The zero-order chi connectivity index (χ0) is 13.2. The molecule has 2 bridgehead atoms. The molecule has 98 valence electrons. The average molecular weight is 255 g/mol. The number of Topliss-reactive ketones (excluding diaryl/α,β-unsaturated/α-hetero) is 1. The lowest BCUT2D eigenvalue weighted by Crippen LogP contribution is -2.30. The van der Waals surface area contributed by atoms with Crippen molar-refractivity contribution in [3.8, 4) is 6.07 Å². The highest BCUT2D eigenvalue weighted by atomic mass is 16.5. The van der Waals surface area contributed by atoms with Gasteiger partial charge in [0.2, 0.25) is 0 Å². The third kappa shape index (κ3) is 2.69. The van der Waals surface area contributed by atoms with Gasteiger partial charge in [-0.1, -0.05) is 12.1 Å². The van der Waals surface area contributed by atoms with Gasteiger partial charge in [-0.15, -0.1) is 0 Å². The highest BCUT2D eigenvalue weighted by Crippen LogP contribution is 2.36. The van der Waals surface area contributed by atoms with E-state index in [1.165, 1.54) is 0 Å². The molecule has 2 saturated heterocycles. The molecule has 0 saturated carbocycles. The molecule has 0 spiro atoms. The largest absolute Gasteiger partial charge is 0.375 e. The summed E-state index contributed by atoms with van der Waals surface area (Å²) in [7, 11) is 0.